The van der Waals surface area contributed by atoms with Gasteiger partial charge in [0.2, 0.25) is 5.91 Å². The van der Waals surface area contributed by atoms with Crippen molar-refractivity contribution in [2.24, 2.45) is 11.3 Å². The first-order chi connectivity index (χ1) is 11.6. The summed E-state index contributed by atoms with van der Waals surface area (Å²) in [6.45, 7) is 7.28. The number of fused-ring (bicyclic) bond motifs is 1. The van der Waals surface area contributed by atoms with Gasteiger partial charge in [0.15, 0.2) is 0 Å². The SMILES string of the molecule is CCCn1c(C)nc2cc(NC(=O)C3CC34CCNCC4)ccc21.Cl.Cl. The van der Waals surface area contributed by atoms with Gasteiger partial charge in [-0.1, -0.05) is 6.92 Å². The van der Waals surface area contributed by atoms with Gasteiger partial charge in [-0.25, -0.2) is 4.98 Å². The summed E-state index contributed by atoms with van der Waals surface area (Å²) in [4.78, 5) is 17.2. The third-order valence-electron chi connectivity index (χ3n) is 5.76. The van der Waals surface area contributed by atoms with Crippen LogP contribution in [-0.4, -0.2) is 28.5 Å². The first kappa shape index (κ1) is 21.0. The number of piperidine rings is 1. The molecule has 1 aliphatic heterocycles. The summed E-state index contributed by atoms with van der Waals surface area (Å²) in [5.41, 5.74) is 3.25. The number of aryl methyl sites for hydroxylation is 2. The van der Waals surface area contributed by atoms with Gasteiger partial charge in [0, 0.05) is 18.2 Å². The normalized spacial score (nSPS) is 20.3. The van der Waals surface area contributed by atoms with Crippen molar-refractivity contribution in [1.29, 1.82) is 0 Å². The highest BCUT2D eigenvalue weighted by atomic mass is 35.5. The van der Waals surface area contributed by atoms with Crippen LogP contribution in [0, 0.1) is 18.3 Å². The Morgan fingerprint density at radius 2 is 2.08 bits per heavy atom. The van der Waals surface area contributed by atoms with Crippen LogP contribution in [-0.2, 0) is 11.3 Å². The first-order valence-electron chi connectivity index (χ1n) is 9.11. The Morgan fingerprint density at radius 3 is 2.77 bits per heavy atom. The van der Waals surface area contributed by atoms with Crippen molar-refractivity contribution in [3.63, 3.8) is 0 Å². The summed E-state index contributed by atoms with van der Waals surface area (Å²) in [5, 5.41) is 6.50. The Balaban J connectivity index is 0.00000121. The van der Waals surface area contributed by atoms with E-state index in [1.165, 1.54) is 0 Å². The van der Waals surface area contributed by atoms with Gasteiger partial charge >= 0.3 is 0 Å². The summed E-state index contributed by atoms with van der Waals surface area (Å²) in [5.74, 6) is 1.40. The molecule has 7 heteroatoms. The monoisotopic (exact) mass is 398 g/mol. The number of carbonyl (C=O) groups excluding carboxylic acids is 1. The minimum absolute atomic E-state index is 0. The summed E-state index contributed by atoms with van der Waals surface area (Å²) < 4.78 is 2.24. The predicted octanol–water partition coefficient (Wildman–Crippen LogP) is 3.93. The van der Waals surface area contributed by atoms with E-state index in [1.54, 1.807) is 0 Å². The number of imidazole rings is 1. The number of carbonyl (C=O) groups is 1. The maximum absolute atomic E-state index is 12.6. The largest absolute Gasteiger partial charge is 0.328 e. The average molecular weight is 399 g/mol. The lowest BCUT2D eigenvalue weighted by Crippen LogP contribution is -2.31. The van der Waals surface area contributed by atoms with Crippen molar-refractivity contribution >= 4 is 47.4 Å². The zero-order valence-electron chi connectivity index (χ0n) is 15.4. The number of anilines is 1. The van der Waals surface area contributed by atoms with E-state index >= 15 is 0 Å². The van der Waals surface area contributed by atoms with Crippen molar-refractivity contribution < 1.29 is 4.79 Å². The standard InChI is InChI=1S/C19H26N4O.2ClH/c1-3-10-23-13(2)21-16-11-14(4-5-17(16)23)22-18(24)15-12-19(15)6-8-20-9-7-19;;/h4-5,11,15,20H,3,6-10,12H2,1-2H3,(H,22,24);2*1H. The second-order valence-corrected chi connectivity index (χ2v) is 7.37. The minimum Gasteiger partial charge on any atom is -0.328 e. The van der Waals surface area contributed by atoms with Crippen molar-refractivity contribution in [2.45, 2.75) is 46.1 Å². The average Bonchev–Trinajstić information content (AvgIpc) is 3.17. The molecule has 2 N–H and O–H groups in total. The van der Waals surface area contributed by atoms with Crippen LogP contribution in [0.15, 0.2) is 18.2 Å². The van der Waals surface area contributed by atoms with E-state index in [0.717, 1.165) is 67.9 Å². The number of hydrogen-bond acceptors (Lipinski definition) is 3. The Labute approximate surface area is 167 Å². The lowest BCUT2D eigenvalue weighted by atomic mass is 9.92. The van der Waals surface area contributed by atoms with Crippen molar-refractivity contribution in [3.8, 4) is 0 Å². The van der Waals surface area contributed by atoms with Crippen LogP contribution >= 0.6 is 24.8 Å². The van der Waals surface area contributed by atoms with E-state index in [2.05, 4.69) is 33.2 Å². The fourth-order valence-electron chi connectivity index (χ4n) is 4.26. The van der Waals surface area contributed by atoms with E-state index in [0.29, 0.717) is 0 Å². The molecule has 144 valence electrons. The van der Waals surface area contributed by atoms with Gasteiger partial charge in [0.25, 0.3) is 0 Å². The fraction of sp³-hybridized carbons (Fsp3) is 0.579. The summed E-state index contributed by atoms with van der Waals surface area (Å²) in [7, 11) is 0. The number of nitrogens with zero attached hydrogens (tertiary/aromatic N) is 2. The molecule has 1 saturated carbocycles. The predicted molar refractivity (Wildman–Crippen MR) is 111 cm³/mol. The third-order valence-corrected chi connectivity index (χ3v) is 5.76. The molecular weight excluding hydrogens is 371 g/mol. The van der Waals surface area contributed by atoms with Gasteiger partial charge in [-0.3, -0.25) is 4.79 Å². The molecular formula is C19H28Cl2N4O. The van der Waals surface area contributed by atoms with Gasteiger partial charge in [-0.15, -0.1) is 24.8 Å². The molecule has 2 fully saturated rings. The molecule has 1 aromatic heterocycles. The molecule has 2 aromatic rings. The number of hydrogen-bond donors (Lipinski definition) is 2. The topological polar surface area (TPSA) is 59.0 Å². The van der Waals surface area contributed by atoms with Crippen LogP contribution in [0.1, 0.15) is 38.4 Å². The summed E-state index contributed by atoms with van der Waals surface area (Å²) in [6.07, 6.45) is 4.39. The summed E-state index contributed by atoms with van der Waals surface area (Å²) >= 11 is 0. The Bertz CT molecular complexity index is 783. The molecule has 1 aromatic carbocycles. The highest BCUT2D eigenvalue weighted by Crippen LogP contribution is 2.58. The van der Waals surface area contributed by atoms with Crippen LogP contribution in [0.5, 0.6) is 0 Å². The van der Waals surface area contributed by atoms with Crippen molar-refractivity contribution in [3.05, 3.63) is 24.0 Å². The van der Waals surface area contributed by atoms with Crippen molar-refractivity contribution in [2.75, 3.05) is 18.4 Å². The van der Waals surface area contributed by atoms with E-state index in [9.17, 15) is 4.79 Å². The first-order valence-corrected chi connectivity index (χ1v) is 9.11. The number of benzene rings is 1. The molecule has 0 radical (unpaired) electrons. The number of amides is 1. The second-order valence-electron chi connectivity index (χ2n) is 7.37. The zero-order chi connectivity index (χ0) is 16.7. The second kappa shape index (κ2) is 8.15. The molecule has 1 unspecified atom stereocenters. The lowest BCUT2D eigenvalue weighted by molar-refractivity contribution is -0.118. The van der Waals surface area contributed by atoms with Crippen LogP contribution in [0.3, 0.4) is 0 Å². The number of nitrogens with one attached hydrogen (secondary N) is 2. The highest BCUT2D eigenvalue weighted by Gasteiger charge is 2.57. The minimum atomic E-state index is 0. The Hall–Kier alpha value is -1.30. The number of aromatic nitrogens is 2. The molecule has 4 rings (SSSR count). The van der Waals surface area contributed by atoms with Gasteiger partial charge in [0.1, 0.15) is 5.82 Å². The zero-order valence-corrected chi connectivity index (χ0v) is 17.0. The van der Waals surface area contributed by atoms with E-state index in [-0.39, 0.29) is 42.1 Å². The fourth-order valence-corrected chi connectivity index (χ4v) is 4.26. The number of rotatable bonds is 4. The van der Waals surface area contributed by atoms with Gasteiger partial charge in [0.05, 0.1) is 11.0 Å². The molecule has 2 aliphatic rings. The van der Waals surface area contributed by atoms with E-state index < -0.39 is 0 Å². The lowest BCUT2D eigenvalue weighted by Gasteiger charge is -2.23. The molecule has 1 aliphatic carbocycles. The quantitative estimate of drug-likeness (QED) is 0.819. The Morgan fingerprint density at radius 1 is 1.35 bits per heavy atom. The summed E-state index contributed by atoms with van der Waals surface area (Å²) in [6, 6.07) is 6.09. The van der Waals surface area contributed by atoms with E-state index in [4.69, 9.17) is 0 Å². The van der Waals surface area contributed by atoms with Gasteiger partial charge in [-0.05, 0) is 69.3 Å². The van der Waals surface area contributed by atoms with E-state index in [1.807, 2.05) is 19.1 Å². The molecule has 1 saturated heterocycles. The van der Waals surface area contributed by atoms with Gasteiger partial charge in [-0.2, -0.15) is 0 Å². The smallest absolute Gasteiger partial charge is 0.228 e. The van der Waals surface area contributed by atoms with Gasteiger partial charge < -0.3 is 15.2 Å². The molecule has 0 bridgehead atoms. The molecule has 5 nitrogen and oxygen atoms in total. The molecule has 26 heavy (non-hydrogen) atoms. The molecule has 1 atom stereocenters. The van der Waals surface area contributed by atoms with Crippen molar-refractivity contribution in [1.82, 2.24) is 14.9 Å². The molecule has 1 spiro atoms. The highest BCUT2D eigenvalue weighted by molar-refractivity contribution is 5.96. The van der Waals surface area contributed by atoms with Crippen LogP contribution in [0.25, 0.3) is 11.0 Å². The van der Waals surface area contributed by atoms with Crippen LogP contribution in [0.2, 0.25) is 0 Å². The van der Waals surface area contributed by atoms with Crippen LogP contribution < -0.4 is 10.6 Å². The Kier molecular flexibility index (Phi) is 6.59. The maximum Gasteiger partial charge on any atom is 0.228 e. The maximum atomic E-state index is 12.6. The van der Waals surface area contributed by atoms with Crippen LogP contribution in [0.4, 0.5) is 5.69 Å². The number of halogens is 2. The molecule has 1 amide bonds. The molecule has 2 heterocycles. The third kappa shape index (κ3) is 3.71.